The third-order valence-electron chi connectivity index (χ3n) is 3.51. The van der Waals surface area contributed by atoms with Crippen LogP contribution in [0.15, 0.2) is 24.3 Å². The van der Waals surface area contributed by atoms with Gasteiger partial charge in [0.25, 0.3) is 5.91 Å². The number of carbonyl (C=O) groups is 2. The number of fused-ring (bicyclic) bond motifs is 1. The Hall–Kier alpha value is -1.59. The van der Waals surface area contributed by atoms with Crippen LogP contribution in [0.3, 0.4) is 0 Å². The zero-order valence-corrected chi connectivity index (χ0v) is 13.3. The van der Waals surface area contributed by atoms with E-state index in [2.05, 4.69) is 5.32 Å². The number of amides is 1. The normalized spacial score (nSPS) is 13.9. The number of benzene rings is 1. The highest BCUT2D eigenvalue weighted by atomic mass is 35.5. The molecule has 0 spiro atoms. The minimum atomic E-state index is -1.03. The van der Waals surface area contributed by atoms with Crippen molar-refractivity contribution >= 4 is 44.9 Å². The summed E-state index contributed by atoms with van der Waals surface area (Å²) in [4.78, 5) is 24.0. The molecule has 2 rings (SSSR count). The molecule has 0 aliphatic heterocycles. The Labute approximate surface area is 131 Å². The van der Waals surface area contributed by atoms with Gasteiger partial charge in [-0.05, 0) is 12.0 Å². The first-order valence-corrected chi connectivity index (χ1v) is 7.85. The first-order valence-electron chi connectivity index (χ1n) is 6.66. The molecular weight excluding hydrogens is 310 g/mol. The summed E-state index contributed by atoms with van der Waals surface area (Å²) in [7, 11) is 0. The third kappa shape index (κ3) is 3.19. The fourth-order valence-corrected chi connectivity index (χ4v) is 3.47. The van der Waals surface area contributed by atoms with Crippen LogP contribution in [0, 0.1) is 5.92 Å². The monoisotopic (exact) mass is 325 g/mol. The number of thiophene rings is 1. The molecule has 0 aliphatic carbocycles. The standard InChI is InChI=1S/C15H16ClNO3S/c1-3-8(2)12(15(19)20)17-14(18)13-11(16)9-6-4-5-7-10(9)21-13/h4-8,12H,3H2,1-2H3,(H,17,18)(H,19,20). The van der Waals surface area contributed by atoms with Crippen molar-refractivity contribution < 1.29 is 14.7 Å². The summed E-state index contributed by atoms with van der Waals surface area (Å²) in [6.07, 6.45) is 0.664. The van der Waals surface area contributed by atoms with Gasteiger partial charge in [-0.3, -0.25) is 4.79 Å². The predicted molar refractivity (Wildman–Crippen MR) is 85.2 cm³/mol. The number of carboxylic acids is 1. The van der Waals surface area contributed by atoms with Crippen LogP contribution in [0.4, 0.5) is 0 Å². The second-order valence-corrected chi connectivity index (χ2v) is 6.35. The molecule has 0 bridgehead atoms. The maximum atomic E-state index is 12.3. The third-order valence-corrected chi connectivity index (χ3v) is 5.18. The predicted octanol–water partition coefficient (Wildman–Crippen LogP) is 3.78. The molecule has 1 aromatic heterocycles. The molecule has 6 heteroatoms. The van der Waals surface area contributed by atoms with Crippen molar-refractivity contribution in [2.24, 2.45) is 5.92 Å². The molecule has 21 heavy (non-hydrogen) atoms. The minimum absolute atomic E-state index is 0.153. The molecule has 0 aliphatic rings. The summed E-state index contributed by atoms with van der Waals surface area (Å²) in [6, 6.07) is 6.53. The van der Waals surface area contributed by atoms with Gasteiger partial charge in [-0.15, -0.1) is 11.3 Å². The Morgan fingerprint density at radius 1 is 1.38 bits per heavy atom. The van der Waals surface area contributed by atoms with Gasteiger partial charge in [0.1, 0.15) is 10.9 Å². The number of hydrogen-bond acceptors (Lipinski definition) is 3. The molecule has 0 saturated carbocycles. The average Bonchev–Trinajstić information content (AvgIpc) is 2.81. The van der Waals surface area contributed by atoms with Crippen molar-refractivity contribution in [2.45, 2.75) is 26.3 Å². The van der Waals surface area contributed by atoms with E-state index in [4.69, 9.17) is 11.6 Å². The van der Waals surface area contributed by atoms with Crippen LogP contribution in [-0.2, 0) is 4.79 Å². The van der Waals surface area contributed by atoms with E-state index in [1.807, 2.05) is 31.2 Å². The Bertz CT molecular complexity index is 683. The van der Waals surface area contributed by atoms with Gasteiger partial charge < -0.3 is 10.4 Å². The van der Waals surface area contributed by atoms with Gasteiger partial charge in [-0.1, -0.05) is 50.1 Å². The van der Waals surface area contributed by atoms with Crippen LogP contribution in [0.2, 0.25) is 5.02 Å². The summed E-state index contributed by atoms with van der Waals surface area (Å²) >= 11 is 7.50. The smallest absolute Gasteiger partial charge is 0.326 e. The lowest BCUT2D eigenvalue weighted by molar-refractivity contribution is -0.140. The highest BCUT2D eigenvalue weighted by Gasteiger charge is 2.27. The molecule has 1 aromatic carbocycles. The lowest BCUT2D eigenvalue weighted by Gasteiger charge is -2.19. The van der Waals surface area contributed by atoms with Crippen molar-refractivity contribution in [3.63, 3.8) is 0 Å². The number of rotatable bonds is 5. The molecular formula is C15H16ClNO3S. The highest BCUT2D eigenvalue weighted by Crippen LogP contribution is 2.35. The Kier molecular flexibility index (Phi) is 4.85. The summed E-state index contributed by atoms with van der Waals surface area (Å²) in [6.45, 7) is 3.69. The summed E-state index contributed by atoms with van der Waals surface area (Å²) < 4.78 is 0.906. The van der Waals surface area contributed by atoms with Gasteiger partial charge in [0.15, 0.2) is 0 Å². The van der Waals surface area contributed by atoms with E-state index in [1.165, 1.54) is 11.3 Å². The highest BCUT2D eigenvalue weighted by molar-refractivity contribution is 7.21. The lowest BCUT2D eigenvalue weighted by atomic mass is 9.99. The molecule has 112 valence electrons. The van der Waals surface area contributed by atoms with E-state index in [0.29, 0.717) is 16.3 Å². The Morgan fingerprint density at radius 3 is 2.62 bits per heavy atom. The Morgan fingerprint density at radius 2 is 2.05 bits per heavy atom. The van der Waals surface area contributed by atoms with E-state index in [-0.39, 0.29) is 5.92 Å². The molecule has 2 N–H and O–H groups in total. The van der Waals surface area contributed by atoms with Gasteiger partial charge in [0, 0.05) is 10.1 Å². The number of carboxylic acid groups (broad SMARTS) is 1. The number of halogens is 1. The average molecular weight is 326 g/mol. The van der Waals surface area contributed by atoms with Crippen LogP contribution >= 0.6 is 22.9 Å². The number of aliphatic carboxylic acids is 1. The largest absolute Gasteiger partial charge is 0.480 e. The molecule has 1 amide bonds. The van der Waals surface area contributed by atoms with E-state index in [1.54, 1.807) is 6.92 Å². The molecule has 2 unspecified atom stereocenters. The van der Waals surface area contributed by atoms with Gasteiger partial charge in [-0.25, -0.2) is 4.79 Å². The van der Waals surface area contributed by atoms with Crippen LogP contribution in [0.5, 0.6) is 0 Å². The maximum Gasteiger partial charge on any atom is 0.326 e. The Balaban J connectivity index is 2.29. The molecule has 4 nitrogen and oxygen atoms in total. The number of nitrogens with one attached hydrogen (secondary N) is 1. The first-order chi connectivity index (χ1) is 9.95. The van der Waals surface area contributed by atoms with E-state index in [9.17, 15) is 14.7 Å². The molecule has 2 aromatic rings. The van der Waals surface area contributed by atoms with Crippen LogP contribution in [0.25, 0.3) is 10.1 Å². The second-order valence-electron chi connectivity index (χ2n) is 4.92. The van der Waals surface area contributed by atoms with Crippen LogP contribution in [-0.4, -0.2) is 23.0 Å². The first kappa shape index (κ1) is 15.8. The molecule has 0 fully saturated rings. The van der Waals surface area contributed by atoms with E-state index in [0.717, 1.165) is 10.1 Å². The summed E-state index contributed by atoms with van der Waals surface area (Å²) in [5.74, 6) is -1.62. The van der Waals surface area contributed by atoms with E-state index >= 15 is 0 Å². The second kappa shape index (κ2) is 6.45. The van der Waals surface area contributed by atoms with Gasteiger partial charge in [-0.2, -0.15) is 0 Å². The van der Waals surface area contributed by atoms with Crippen molar-refractivity contribution in [2.75, 3.05) is 0 Å². The van der Waals surface area contributed by atoms with Crippen molar-refractivity contribution in [1.29, 1.82) is 0 Å². The zero-order chi connectivity index (χ0) is 15.6. The van der Waals surface area contributed by atoms with Gasteiger partial charge in [0.2, 0.25) is 0 Å². The fourth-order valence-electron chi connectivity index (χ4n) is 2.05. The fraction of sp³-hybridized carbons (Fsp3) is 0.333. The SMILES string of the molecule is CCC(C)C(NC(=O)c1sc2ccccc2c1Cl)C(=O)O. The zero-order valence-electron chi connectivity index (χ0n) is 11.7. The molecule has 0 radical (unpaired) electrons. The summed E-state index contributed by atoms with van der Waals surface area (Å²) in [5.41, 5.74) is 0. The van der Waals surface area contributed by atoms with Crippen LogP contribution in [0.1, 0.15) is 29.9 Å². The van der Waals surface area contributed by atoms with Gasteiger partial charge in [0.05, 0.1) is 5.02 Å². The van der Waals surface area contributed by atoms with Gasteiger partial charge >= 0.3 is 5.97 Å². The summed E-state index contributed by atoms with van der Waals surface area (Å²) in [5, 5.41) is 13.0. The minimum Gasteiger partial charge on any atom is -0.480 e. The van der Waals surface area contributed by atoms with Crippen molar-refractivity contribution in [3.05, 3.63) is 34.2 Å². The van der Waals surface area contributed by atoms with E-state index < -0.39 is 17.9 Å². The number of hydrogen-bond donors (Lipinski definition) is 2. The topological polar surface area (TPSA) is 66.4 Å². The molecule has 0 saturated heterocycles. The van der Waals surface area contributed by atoms with Crippen LogP contribution < -0.4 is 5.32 Å². The molecule has 2 atom stereocenters. The quantitative estimate of drug-likeness (QED) is 0.879. The number of carbonyl (C=O) groups excluding carboxylic acids is 1. The van der Waals surface area contributed by atoms with Crippen molar-refractivity contribution in [3.8, 4) is 0 Å². The van der Waals surface area contributed by atoms with Crippen molar-refractivity contribution in [1.82, 2.24) is 5.32 Å². The maximum absolute atomic E-state index is 12.3. The lowest BCUT2D eigenvalue weighted by Crippen LogP contribution is -2.44. The molecule has 1 heterocycles.